The number of hydrogen-bond donors (Lipinski definition) is 1. The average Bonchev–Trinajstić information content (AvgIpc) is 2.48. The molecule has 2 rings (SSSR count). The molecule has 21 heavy (non-hydrogen) atoms. The third kappa shape index (κ3) is 3.16. The smallest absolute Gasteiger partial charge is 0.303 e. The maximum absolute atomic E-state index is 12.4. The summed E-state index contributed by atoms with van der Waals surface area (Å²) in [4.78, 5) is 23.0. The molecular formula is C15H17NO5. The van der Waals surface area contributed by atoms with Crippen LogP contribution in [0.2, 0.25) is 0 Å². The summed E-state index contributed by atoms with van der Waals surface area (Å²) in [6.07, 6.45) is 2.09. The van der Waals surface area contributed by atoms with Gasteiger partial charge in [0.15, 0.2) is 0 Å². The Morgan fingerprint density at radius 1 is 1.24 bits per heavy atom. The standard InChI is InChI=1S/C15H17NO5/c1-20-10-8-12-11(13(9-10)21-2)5-7-16(15(12)19)6-3-4-14(17)18/h5,7-9H,3-4,6H2,1-2H3,(H,17,18). The molecule has 1 aromatic carbocycles. The number of methoxy groups -OCH3 is 2. The van der Waals surface area contributed by atoms with Gasteiger partial charge in [0.1, 0.15) is 11.5 Å². The molecule has 112 valence electrons. The summed E-state index contributed by atoms with van der Waals surface area (Å²) in [5.41, 5.74) is -0.185. The summed E-state index contributed by atoms with van der Waals surface area (Å²) in [7, 11) is 3.06. The van der Waals surface area contributed by atoms with Gasteiger partial charge in [-0.25, -0.2) is 0 Å². The third-order valence-electron chi connectivity index (χ3n) is 3.27. The fraction of sp³-hybridized carbons (Fsp3) is 0.333. The number of benzene rings is 1. The first-order valence-corrected chi connectivity index (χ1v) is 6.53. The van der Waals surface area contributed by atoms with Gasteiger partial charge in [-0.3, -0.25) is 9.59 Å². The summed E-state index contributed by atoms with van der Waals surface area (Å²) in [5.74, 6) is 0.242. The summed E-state index contributed by atoms with van der Waals surface area (Å²) in [6, 6.07) is 5.17. The number of fused-ring (bicyclic) bond motifs is 1. The van der Waals surface area contributed by atoms with Crippen LogP contribution in [0.25, 0.3) is 10.8 Å². The van der Waals surface area contributed by atoms with Crippen molar-refractivity contribution in [3.05, 3.63) is 34.7 Å². The van der Waals surface area contributed by atoms with E-state index in [1.807, 2.05) is 0 Å². The zero-order valence-corrected chi connectivity index (χ0v) is 12.0. The van der Waals surface area contributed by atoms with Crippen molar-refractivity contribution in [3.8, 4) is 11.5 Å². The van der Waals surface area contributed by atoms with Gasteiger partial charge in [-0.05, 0) is 18.6 Å². The number of carboxylic acids is 1. The van der Waals surface area contributed by atoms with Gasteiger partial charge in [-0.15, -0.1) is 0 Å². The van der Waals surface area contributed by atoms with E-state index in [-0.39, 0.29) is 12.0 Å². The number of carboxylic acid groups (broad SMARTS) is 1. The molecule has 1 aromatic heterocycles. The van der Waals surface area contributed by atoms with Crippen molar-refractivity contribution in [2.24, 2.45) is 0 Å². The molecule has 0 fully saturated rings. The number of aromatic nitrogens is 1. The van der Waals surface area contributed by atoms with E-state index in [0.29, 0.717) is 35.2 Å². The van der Waals surface area contributed by atoms with Crippen LogP contribution in [0, 0.1) is 0 Å². The summed E-state index contributed by atoms with van der Waals surface area (Å²) >= 11 is 0. The predicted molar refractivity (Wildman–Crippen MR) is 78.2 cm³/mol. The zero-order valence-electron chi connectivity index (χ0n) is 12.0. The van der Waals surface area contributed by atoms with E-state index in [1.54, 1.807) is 24.4 Å². The second-order valence-electron chi connectivity index (χ2n) is 4.60. The minimum Gasteiger partial charge on any atom is -0.497 e. The molecule has 0 aliphatic rings. The van der Waals surface area contributed by atoms with Gasteiger partial charge in [0, 0.05) is 30.6 Å². The van der Waals surface area contributed by atoms with Crippen molar-refractivity contribution >= 4 is 16.7 Å². The van der Waals surface area contributed by atoms with Crippen molar-refractivity contribution in [2.45, 2.75) is 19.4 Å². The number of ether oxygens (including phenoxy) is 2. The molecule has 0 saturated heterocycles. The van der Waals surface area contributed by atoms with Crippen LogP contribution in [-0.4, -0.2) is 29.9 Å². The lowest BCUT2D eigenvalue weighted by atomic mass is 10.1. The minimum absolute atomic E-state index is 0.0336. The van der Waals surface area contributed by atoms with E-state index < -0.39 is 5.97 Å². The van der Waals surface area contributed by atoms with Crippen LogP contribution in [-0.2, 0) is 11.3 Å². The van der Waals surface area contributed by atoms with Gasteiger partial charge in [0.25, 0.3) is 5.56 Å². The van der Waals surface area contributed by atoms with Crippen LogP contribution in [0.5, 0.6) is 11.5 Å². The van der Waals surface area contributed by atoms with Crippen LogP contribution in [0.4, 0.5) is 0 Å². The number of rotatable bonds is 6. The van der Waals surface area contributed by atoms with E-state index in [4.69, 9.17) is 14.6 Å². The molecule has 0 amide bonds. The molecule has 0 aliphatic heterocycles. The maximum atomic E-state index is 12.4. The van der Waals surface area contributed by atoms with Gasteiger partial charge in [0.2, 0.25) is 0 Å². The number of hydrogen-bond acceptors (Lipinski definition) is 4. The van der Waals surface area contributed by atoms with Crippen molar-refractivity contribution in [2.75, 3.05) is 14.2 Å². The van der Waals surface area contributed by atoms with Crippen LogP contribution in [0.15, 0.2) is 29.2 Å². The molecule has 1 heterocycles. The van der Waals surface area contributed by atoms with E-state index in [2.05, 4.69) is 0 Å². The highest BCUT2D eigenvalue weighted by Gasteiger charge is 2.10. The highest BCUT2D eigenvalue weighted by molar-refractivity contribution is 5.89. The second kappa shape index (κ2) is 6.30. The van der Waals surface area contributed by atoms with Gasteiger partial charge in [-0.1, -0.05) is 0 Å². The molecule has 1 N–H and O–H groups in total. The van der Waals surface area contributed by atoms with Crippen LogP contribution in [0.1, 0.15) is 12.8 Å². The summed E-state index contributed by atoms with van der Waals surface area (Å²) < 4.78 is 11.9. The van der Waals surface area contributed by atoms with Gasteiger partial charge in [-0.2, -0.15) is 0 Å². The molecule has 6 nitrogen and oxygen atoms in total. The molecule has 2 aromatic rings. The molecule has 0 unspecified atom stereocenters. The average molecular weight is 291 g/mol. The van der Waals surface area contributed by atoms with Crippen LogP contribution >= 0.6 is 0 Å². The lowest BCUT2D eigenvalue weighted by Crippen LogP contribution is -2.20. The Kier molecular flexibility index (Phi) is 4.47. The van der Waals surface area contributed by atoms with E-state index in [0.717, 1.165) is 0 Å². The first-order chi connectivity index (χ1) is 10.1. The number of aliphatic carboxylic acids is 1. The first-order valence-electron chi connectivity index (χ1n) is 6.53. The van der Waals surface area contributed by atoms with Crippen molar-refractivity contribution < 1.29 is 19.4 Å². The summed E-state index contributed by atoms with van der Waals surface area (Å²) in [5, 5.41) is 9.84. The molecule has 0 radical (unpaired) electrons. The highest BCUT2D eigenvalue weighted by Crippen LogP contribution is 2.29. The lowest BCUT2D eigenvalue weighted by Gasteiger charge is -2.11. The summed E-state index contributed by atoms with van der Waals surface area (Å²) in [6.45, 7) is 0.362. The predicted octanol–water partition coefficient (Wildman–Crippen LogP) is 1.88. The number of pyridine rings is 1. The number of nitrogens with zero attached hydrogens (tertiary/aromatic N) is 1. The normalized spacial score (nSPS) is 10.6. The molecule has 0 atom stereocenters. The Morgan fingerprint density at radius 3 is 2.62 bits per heavy atom. The van der Waals surface area contributed by atoms with E-state index in [1.165, 1.54) is 18.8 Å². The SMILES string of the molecule is COc1cc(OC)c2ccn(CCCC(=O)O)c(=O)c2c1. The van der Waals surface area contributed by atoms with E-state index in [9.17, 15) is 9.59 Å². The molecule has 0 bridgehead atoms. The molecular weight excluding hydrogens is 274 g/mol. The molecule has 0 aliphatic carbocycles. The number of carbonyl (C=O) groups is 1. The molecule has 6 heteroatoms. The lowest BCUT2D eigenvalue weighted by molar-refractivity contribution is -0.137. The van der Waals surface area contributed by atoms with Gasteiger partial charge in [0.05, 0.1) is 19.6 Å². The fourth-order valence-corrected chi connectivity index (χ4v) is 2.20. The zero-order chi connectivity index (χ0) is 15.4. The fourth-order valence-electron chi connectivity index (χ4n) is 2.20. The topological polar surface area (TPSA) is 77.8 Å². The van der Waals surface area contributed by atoms with Gasteiger partial charge >= 0.3 is 5.97 Å². The minimum atomic E-state index is -0.868. The Bertz CT molecular complexity index is 720. The Balaban J connectivity index is 2.45. The Labute approximate surface area is 121 Å². The van der Waals surface area contributed by atoms with Crippen LogP contribution in [0.3, 0.4) is 0 Å². The largest absolute Gasteiger partial charge is 0.497 e. The van der Waals surface area contributed by atoms with Crippen molar-refractivity contribution in [1.82, 2.24) is 4.57 Å². The van der Waals surface area contributed by atoms with Crippen molar-refractivity contribution in [1.29, 1.82) is 0 Å². The van der Waals surface area contributed by atoms with Crippen LogP contribution < -0.4 is 15.0 Å². The third-order valence-corrected chi connectivity index (χ3v) is 3.27. The first kappa shape index (κ1) is 14.9. The monoisotopic (exact) mass is 291 g/mol. The van der Waals surface area contributed by atoms with Gasteiger partial charge < -0.3 is 19.1 Å². The Morgan fingerprint density at radius 2 is 2.00 bits per heavy atom. The maximum Gasteiger partial charge on any atom is 0.303 e. The quantitative estimate of drug-likeness (QED) is 0.879. The van der Waals surface area contributed by atoms with Crippen molar-refractivity contribution in [3.63, 3.8) is 0 Å². The number of aryl methyl sites for hydroxylation is 1. The molecule has 0 saturated carbocycles. The second-order valence-corrected chi connectivity index (χ2v) is 4.60. The highest BCUT2D eigenvalue weighted by atomic mass is 16.5. The molecule has 0 spiro atoms. The Hall–Kier alpha value is -2.50. The van der Waals surface area contributed by atoms with E-state index >= 15 is 0 Å².